The molecule has 0 unspecified atom stereocenters. The third-order valence-corrected chi connectivity index (χ3v) is 4.84. The zero-order chi connectivity index (χ0) is 21.4. The Hall–Kier alpha value is -4.13. The number of carbonyl (C=O) groups is 2. The maximum atomic E-state index is 13.3. The lowest BCUT2D eigenvalue weighted by Crippen LogP contribution is -1.99. The number of hydrogen-bond donors (Lipinski definition) is 3. The van der Waals surface area contributed by atoms with Crippen molar-refractivity contribution in [3.05, 3.63) is 77.6 Å². The van der Waals surface area contributed by atoms with E-state index in [9.17, 15) is 24.2 Å². The SMILES string of the molecule is CNc1cc2oc(-c3ccc(F)cc3)c(C(=O)O)c2cc1-c1cccc(C(=O)O)c1. The van der Waals surface area contributed by atoms with Crippen LogP contribution in [0.3, 0.4) is 0 Å². The molecule has 0 saturated carbocycles. The zero-order valence-electron chi connectivity index (χ0n) is 15.8. The molecule has 0 radical (unpaired) electrons. The van der Waals surface area contributed by atoms with Crippen LogP contribution in [0.2, 0.25) is 0 Å². The third kappa shape index (κ3) is 3.26. The van der Waals surface area contributed by atoms with Crippen molar-refractivity contribution < 1.29 is 28.6 Å². The highest BCUT2D eigenvalue weighted by molar-refractivity contribution is 6.10. The Morgan fingerprint density at radius 3 is 2.30 bits per heavy atom. The fourth-order valence-corrected chi connectivity index (χ4v) is 3.43. The van der Waals surface area contributed by atoms with Crippen molar-refractivity contribution in [2.75, 3.05) is 12.4 Å². The van der Waals surface area contributed by atoms with Crippen LogP contribution >= 0.6 is 0 Å². The molecule has 3 N–H and O–H groups in total. The minimum atomic E-state index is -1.18. The van der Waals surface area contributed by atoms with E-state index in [-0.39, 0.29) is 16.9 Å². The van der Waals surface area contributed by atoms with E-state index in [1.807, 2.05) is 0 Å². The summed E-state index contributed by atoms with van der Waals surface area (Å²) in [7, 11) is 1.70. The Labute approximate surface area is 170 Å². The molecule has 30 heavy (non-hydrogen) atoms. The normalized spacial score (nSPS) is 10.9. The van der Waals surface area contributed by atoms with Crippen LogP contribution < -0.4 is 5.32 Å². The molecule has 0 fully saturated rings. The van der Waals surface area contributed by atoms with E-state index >= 15 is 0 Å². The molecule has 0 amide bonds. The van der Waals surface area contributed by atoms with Crippen molar-refractivity contribution >= 4 is 28.6 Å². The molecule has 0 aliphatic rings. The molecule has 0 saturated heterocycles. The Morgan fingerprint density at radius 1 is 0.933 bits per heavy atom. The van der Waals surface area contributed by atoms with Crippen LogP contribution in [0.25, 0.3) is 33.4 Å². The molecule has 1 aromatic heterocycles. The number of carboxylic acids is 2. The summed E-state index contributed by atoms with van der Waals surface area (Å²) in [6, 6.07) is 15.1. The van der Waals surface area contributed by atoms with Crippen molar-refractivity contribution in [1.29, 1.82) is 0 Å². The second kappa shape index (κ2) is 7.36. The van der Waals surface area contributed by atoms with E-state index in [4.69, 9.17) is 4.42 Å². The fourth-order valence-electron chi connectivity index (χ4n) is 3.43. The van der Waals surface area contributed by atoms with Crippen molar-refractivity contribution in [1.82, 2.24) is 0 Å². The summed E-state index contributed by atoms with van der Waals surface area (Å²) in [6.07, 6.45) is 0. The Kier molecular flexibility index (Phi) is 4.71. The summed E-state index contributed by atoms with van der Waals surface area (Å²) in [6.45, 7) is 0. The first kappa shape index (κ1) is 19.2. The van der Waals surface area contributed by atoms with E-state index in [2.05, 4.69) is 5.32 Å². The molecule has 4 aromatic rings. The van der Waals surface area contributed by atoms with Gasteiger partial charge in [0.15, 0.2) is 0 Å². The van der Waals surface area contributed by atoms with Crippen LogP contribution in [0, 0.1) is 5.82 Å². The van der Waals surface area contributed by atoms with Gasteiger partial charge in [-0.15, -0.1) is 0 Å². The smallest absolute Gasteiger partial charge is 0.340 e. The first-order valence-corrected chi connectivity index (χ1v) is 9.00. The number of rotatable bonds is 5. The van der Waals surface area contributed by atoms with Gasteiger partial charge in [-0.1, -0.05) is 12.1 Å². The van der Waals surface area contributed by atoms with Crippen molar-refractivity contribution in [3.8, 4) is 22.5 Å². The third-order valence-electron chi connectivity index (χ3n) is 4.84. The minimum absolute atomic E-state index is 0.0464. The molecular weight excluding hydrogens is 389 g/mol. The van der Waals surface area contributed by atoms with E-state index in [0.29, 0.717) is 33.3 Å². The summed E-state index contributed by atoms with van der Waals surface area (Å²) < 4.78 is 19.1. The van der Waals surface area contributed by atoms with E-state index in [1.165, 1.54) is 36.4 Å². The number of fused-ring (bicyclic) bond motifs is 1. The number of halogens is 1. The van der Waals surface area contributed by atoms with Crippen LogP contribution in [-0.4, -0.2) is 29.2 Å². The number of anilines is 1. The molecule has 0 atom stereocenters. The van der Waals surface area contributed by atoms with Gasteiger partial charge in [-0.25, -0.2) is 14.0 Å². The predicted molar refractivity (Wildman–Crippen MR) is 111 cm³/mol. The van der Waals surface area contributed by atoms with Crippen molar-refractivity contribution in [3.63, 3.8) is 0 Å². The molecule has 150 valence electrons. The highest BCUT2D eigenvalue weighted by Gasteiger charge is 2.23. The lowest BCUT2D eigenvalue weighted by atomic mass is 9.97. The van der Waals surface area contributed by atoms with Gasteiger partial charge in [-0.2, -0.15) is 0 Å². The molecule has 7 heteroatoms. The van der Waals surface area contributed by atoms with E-state index in [0.717, 1.165) is 0 Å². The highest BCUT2D eigenvalue weighted by Crippen LogP contribution is 2.39. The van der Waals surface area contributed by atoms with Gasteiger partial charge >= 0.3 is 11.9 Å². The number of benzene rings is 3. The first-order valence-electron chi connectivity index (χ1n) is 9.00. The molecule has 0 bridgehead atoms. The highest BCUT2D eigenvalue weighted by atomic mass is 19.1. The molecule has 3 aromatic carbocycles. The van der Waals surface area contributed by atoms with Gasteiger partial charge in [0.05, 0.1) is 5.56 Å². The van der Waals surface area contributed by atoms with Crippen molar-refractivity contribution in [2.45, 2.75) is 0 Å². The molecule has 6 nitrogen and oxygen atoms in total. The van der Waals surface area contributed by atoms with Gasteiger partial charge in [0, 0.05) is 35.3 Å². The maximum absolute atomic E-state index is 13.3. The maximum Gasteiger partial charge on any atom is 0.340 e. The molecule has 0 aliphatic carbocycles. The first-order chi connectivity index (χ1) is 14.4. The number of aromatic carboxylic acids is 2. The van der Waals surface area contributed by atoms with Gasteiger partial charge in [0.25, 0.3) is 0 Å². The monoisotopic (exact) mass is 405 g/mol. The molecule has 0 aliphatic heterocycles. The summed E-state index contributed by atoms with van der Waals surface area (Å²) in [4.78, 5) is 23.4. The summed E-state index contributed by atoms with van der Waals surface area (Å²) in [5.74, 6) is -2.56. The lowest BCUT2D eigenvalue weighted by molar-refractivity contribution is 0.0687. The number of furan rings is 1. The van der Waals surface area contributed by atoms with Crippen LogP contribution in [-0.2, 0) is 0 Å². The Morgan fingerprint density at radius 2 is 1.67 bits per heavy atom. The molecule has 1 heterocycles. The molecule has 0 spiro atoms. The van der Waals surface area contributed by atoms with Gasteiger partial charge in [-0.3, -0.25) is 0 Å². The average Bonchev–Trinajstić information content (AvgIpc) is 3.12. The van der Waals surface area contributed by atoms with Gasteiger partial charge < -0.3 is 19.9 Å². The van der Waals surface area contributed by atoms with E-state index < -0.39 is 17.8 Å². The number of carboxylic acid groups (broad SMARTS) is 2. The van der Waals surface area contributed by atoms with Crippen LogP contribution in [0.5, 0.6) is 0 Å². The standard InChI is InChI=1S/C23H16FNO5/c1-25-18-11-19-17(10-16(18)13-3-2-4-14(9-13)22(26)27)20(23(28)29)21(30-19)12-5-7-15(24)8-6-12/h2-11,25H,1H3,(H,26,27)(H,28,29). The fraction of sp³-hybridized carbons (Fsp3) is 0.0435. The second-order valence-electron chi connectivity index (χ2n) is 6.65. The zero-order valence-corrected chi connectivity index (χ0v) is 15.8. The quantitative estimate of drug-likeness (QED) is 0.414. The van der Waals surface area contributed by atoms with Gasteiger partial charge in [0.2, 0.25) is 0 Å². The van der Waals surface area contributed by atoms with Crippen molar-refractivity contribution in [2.24, 2.45) is 0 Å². The minimum Gasteiger partial charge on any atom is -0.478 e. The Bertz CT molecular complexity index is 1290. The average molecular weight is 405 g/mol. The van der Waals surface area contributed by atoms with Crippen LogP contribution in [0.1, 0.15) is 20.7 Å². The van der Waals surface area contributed by atoms with E-state index in [1.54, 1.807) is 31.3 Å². The van der Waals surface area contributed by atoms with Gasteiger partial charge in [0.1, 0.15) is 22.7 Å². The summed E-state index contributed by atoms with van der Waals surface area (Å²) in [5, 5.41) is 22.5. The number of hydrogen-bond acceptors (Lipinski definition) is 4. The Balaban J connectivity index is 1.99. The largest absolute Gasteiger partial charge is 0.478 e. The molecular formula is C23H16FNO5. The van der Waals surface area contributed by atoms with Crippen LogP contribution in [0.4, 0.5) is 10.1 Å². The van der Waals surface area contributed by atoms with Gasteiger partial charge in [-0.05, 0) is 48.0 Å². The topological polar surface area (TPSA) is 99.8 Å². The van der Waals surface area contributed by atoms with Crippen LogP contribution in [0.15, 0.2) is 65.1 Å². The lowest BCUT2D eigenvalue weighted by Gasteiger charge is -2.10. The summed E-state index contributed by atoms with van der Waals surface area (Å²) >= 11 is 0. The second-order valence-corrected chi connectivity index (χ2v) is 6.65. The molecule has 4 rings (SSSR count). The summed E-state index contributed by atoms with van der Waals surface area (Å²) in [5.41, 5.74) is 2.73. The predicted octanol–water partition coefficient (Wildman–Crippen LogP) is 5.34. The number of nitrogens with one attached hydrogen (secondary N) is 1.